The van der Waals surface area contributed by atoms with Crippen molar-refractivity contribution < 1.29 is 27.1 Å². The Balaban J connectivity index is 0.00000210. The molecule has 1 amide bonds. The Morgan fingerprint density at radius 1 is 1.17 bits per heavy atom. The van der Waals surface area contributed by atoms with Gasteiger partial charge < -0.3 is 15.4 Å². The lowest BCUT2D eigenvalue weighted by atomic mass is 10.2. The van der Waals surface area contributed by atoms with Crippen LogP contribution in [-0.4, -0.2) is 24.0 Å². The summed E-state index contributed by atoms with van der Waals surface area (Å²) in [6, 6.07) is 5.56. The van der Waals surface area contributed by atoms with E-state index in [9.17, 15) is 22.4 Å². The van der Waals surface area contributed by atoms with Crippen LogP contribution in [0.15, 0.2) is 36.5 Å². The summed E-state index contributed by atoms with van der Waals surface area (Å²) in [4.78, 5) is 15.3. The van der Waals surface area contributed by atoms with Gasteiger partial charge in [-0.1, -0.05) is 0 Å². The third-order valence-corrected chi connectivity index (χ3v) is 3.91. The molecule has 0 bridgehead atoms. The highest BCUT2D eigenvalue weighted by molar-refractivity contribution is 5.92. The number of aromatic nitrogens is 1. The number of rotatable bonds is 7. The number of carbonyl (C=O) groups is 1. The van der Waals surface area contributed by atoms with E-state index in [1.165, 1.54) is 25.0 Å². The van der Waals surface area contributed by atoms with E-state index in [1.807, 2.05) is 0 Å². The van der Waals surface area contributed by atoms with Crippen molar-refractivity contribution in [2.24, 2.45) is 5.92 Å². The Kier molecular flexibility index (Phi) is 9.13. The first kappa shape index (κ1) is 24.9. The zero-order valence-corrected chi connectivity index (χ0v) is 16.6. The highest BCUT2D eigenvalue weighted by Crippen LogP contribution is 2.31. The van der Waals surface area contributed by atoms with E-state index in [0.717, 1.165) is 24.7 Å². The number of nitrogens with zero attached hydrogens (tertiary/aromatic N) is 1. The fourth-order valence-electron chi connectivity index (χ4n) is 2.30. The molecule has 2 aromatic rings. The number of hydrogen-bond donors (Lipinski definition) is 2. The average molecular weight is 456 g/mol. The van der Waals surface area contributed by atoms with Gasteiger partial charge in [0.05, 0.1) is 12.1 Å². The molecule has 11 heteroatoms. The number of anilines is 1. The molecule has 0 radical (unpaired) electrons. The van der Waals surface area contributed by atoms with Gasteiger partial charge in [0, 0.05) is 24.0 Å². The number of hydrogen-bond acceptors (Lipinski definition) is 4. The molecule has 1 saturated carbocycles. The summed E-state index contributed by atoms with van der Waals surface area (Å²) in [5.74, 6) is -0.825. The van der Waals surface area contributed by atoms with Gasteiger partial charge in [-0.2, -0.15) is 13.2 Å². The van der Waals surface area contributed by atoms with E-state index in [-0.39, 0.29) is 54.6 Å². The van der Waals surface area contributed by atoms with E-state index >= 15 is 0 Å². The van der Waals surface area contributed by atoms with Crippen LogP contribution < -0.4 is 15.4 Å². The van der Waals surface area contributed by atoms with Gasteiger partial charge in [-0.3, -0.25) is 4.79 Å². The average Bonchev–Trinajstić information content (AvgIpc) is 3.41. The Morgan fingerprint density at radius 2 is 1.90 bits per heavy atom. The molecule has 0 spiro atoms. The van der Waals surface area contributed by atoms with Crippen molar-refractivity contribution in [3.05, 3.63) is 47.9 Å². The molecule has 0 unspecified atom stereocenters. The molecule has 1 fully saturated rings. The number of carbonyl (C=O) groups excluding carboxylic acids is 1. The highest BCUT2D eigenvalue weighted by Gasteiger charge is 2.30. The Bertz CT molecular complexity index is 816. The number of nitrogens with one attached hydrogen (secondary N) is 2. The molecular weight excluding hydrogens is 437 g/mol. The minimum atomic E-state index is -4.51. The largest absolute Gasteiger partial charge is 0.436 e. The highest BCUT2D eigenvalue weighted by atomic mass is 35.5. The van der Waals surface area contributed by atoms with Crippen molar-refractivity contribution in [2.75, 3.05) is 18.4 Å². The quantitative estimate of drug-likeness (QED) is 0.587. The van der Waals surface area contributed by atoms with Crippen LogP contribution in [0.25, 0.3) is 0 Å². The maximum Gasteiger partial charge on any atom is 0.417 e. The monoisotopic (exact) mass is 455 g/mol. The number of halogens is 6. The molecule has 2 N–H and O–H groups in total. The fraction of sp³-hybridized carbons (Fsp3) is 0.333. The molecule has 5 nitrogen and oxygen atoms in total. The lowest BCUT2D eigenvalue weighted by molar-refractivity contribution is -0.137. The number of amides is 1. The van der Waals surface area contributed by atoms with E-state index in [4.69, 9.17) is 4.74 Å². The predicted octanol–water partition coefficient (Wildman–Crippen LogP) is 4.81. The van der Waals surface area contributed by atoms with Gasteiger partial charge in [-0.25, -0.2) is 9.37 Å². The second-order valence-electron chi connectivity index (χ2n) is 6.25. The molecule has 1 aromatic carbocycles. The molecule has 1 heterocycles. The van der Waals surface area contributed by atoms with Crippen molar-refractivity contribution >= 4 is 36.4 Å². The zero-order valence-electron chi connectivity index (χ0n) is 15.0. The van der Waals surface area contributed by atoms with Crippen molar-refractivity contribution in [3.63, 3.8) is 0 Å². The normalized spacial score (nSPS) is 13.1. The standard InChI is InChI=1S/C18H17F4N3O2.2ClH/c19-14-7-13(25-16(26)10-23-8-11-1-2-11)4-5-15(14)27-17-6-3-12(9-24-17)18(20,21)22;;/h3-7,9,11,23H,1-2,8,10H2,(H,25,26);2*1H. The molecule has 0 aliphatic heterocycles. The fourth-order valence-corrected chi connectivity index (χ4v) is 2.30. The second-order valence-corrected chi connectivity index (χ2v) is 6.25. The zero-order chi connectivity index (χ0) is 19.4. The van der Waals surface area contributed by atoms with Crippen LogP contribution in [0.3, 0.4) is 0 Å². The van der Waals surface area contributed by atoms with E-state index < -0.39 is 17.6 Å². The lowest BCUT2D eigenvalue weighted by Crippen LogP contribution is -2.29. The number of pyridine rings is 1. The van der Waals surface area contributed by atoms with Crippen molar-refractivity contribution in [1.29, 1.82) is 0 Å². The summed E-state index contributed by atoms with van der Waals surface area (Å²) in [6.45, 7) is 0.917. The van der Waals surface area contributed by atoms with Crippen LogP contribution in [0.1, 0.15) is 18.4 Å². The summed E-state index contributed by atoms with van der Waals surface area (Å²) in [5.41, 5.74) is -0.679. The Labute approximate surface area is 177 Å². The van der Waals surface area contributed by atoms with Crippen LogP contribution in [0.4, 0.5) is 23.2 Å². The predicted molar refractivity (Wildman–Crippen MR) is 104 cm³/mol. The minimum Gasteiger partial charge on any atom is -0.436 e. The molecule has 1 aliphatic rings. The minimum absolute atomic E-state index is 0. The molecule has 0 atom stereocenters. The Morgan fingerprint density at radius 3 is 2.45 bits per heavy atom. The summed E-state index contributed by atoms with van der Waals surface area (Å²) in [6.07, 6.45) is -1.55. The lowest BCUT2D eigenvalue weighted by Gasteiger charge is -2.10. The summed E-state index contributed by atoms with van der Waals surface area (Å²) in [7, 11) is 0. The summed E-state index contributed by atoms with van der Waals surface area (Å²) in [5, 5.41) is 5.58. The second kappa shape index (κ2) is 10.6. The third kappa shape index (κ3) is 7.68. The first-order valence-electron chi connectivity index (χ1n) is 8.32. The van der Waals surface area contributed by atoms with Gasteiger partial charge in [0.15, 0.2) is 11.6 Å². The molecule has 160 valence electrons. The number of alkyl halides is 3. The van der Waals surface area contributed by atoms with Gasteiger partial charge >= 0.3 is 6.18 Å². The van der Waals surface area contributed by atoms with Crippen molar-refractivity contribution in [2.45, 2.75) is 19.0 Å². The van der Waals surface area contributed by atoms with Crippen molar-refractivity contribution in [1.82, 2.24) is 10.3 Å². The van der Waals surface area contributed by atoms with Gasteiger partial charge in [-0.05, 0) is 43.5 Å². The molecule has 1 aromatic heterocycles. The first-order valence-corrected chi connectivity index (χ1v) is 8.32. The first-order chi connectivity index (χ1) is 12.8. The Hall–Kier alpha value is -2.10. The van der Waals surface area contributed by atoms with Gasteiger partial charge in [0.1, 0.15) is 0 Å². The number of ether oxygens (including phenoxy) is 1. The van der Waals surface area contributed by atoms with Gasteiger partial charge in [-0.15, -0.1) is 24.8 Å². The molecular formula is C18H19Cl2F4N3O2. The maximum absolute atomic E-state index is 14.1. The van der Waals surface area contributed by atoms with E-state index in [2.05, 4.69) is 15.6 Å². The van der Waals surface area contributed by atoms with Crippen LogP contribution in [0, 0.1) is 11.7 Å². The maximum atomic E-state index is 14.1. The van der Waals surface area contributed by atoms with Crippen LogP contribution in [0.5, 0.6) is 11.6 Å². The topological polar surface area (TPSA) is 63.2 Å². The third-order valence-electron chi connectivity index (χ3n) is 3.91. The SMILES string of the molecule is Cl.Cl.O=C(CNCC1CC1)Nc1ccc(Oc2ccc(C(F)(F)F)cn2)c(F)c1. The van der Waals surface area contributed by atoms with Crippen LogP contribution in [-0.2, 0) is 11.0 Å². The molecule has 29 heavy (non-hydrogen) atoms. The molecule has 0 saturated heterocycles. The smallest absolute Gasteiger partial charge is 0.417 e. The van der Waals surface area contributed by atoms with Crippen molar-refractivity contribution in [3.8, 4) is 11.6 Å². The van der Waals surface area contributed by atoms with Gasteiger partial charge in [0.25, 0.3) is 0 Å². The van der Waals surface area contributed by atoms with Crippen LogP contribution >= 0.6 is 24.8 Å². The van der Waals surface area contributed by atoms with E-state index in [1.54, 1.807) is 0 Å². The molecule has 1 aliphatic carbocycles. The number of benzene rings is 1. The summed E-state index contributed by atoms with van der Waals surface area (Å²) >= 11 is 0. The van der Waals surface area contributed by atoms with Gasteiger partial charge in [0.2, 0.25) is 11.8 Å². The van der Waals surface area contributed by atoms with E-state index in [0.29, 0.717) is 12.1 Å². The van der Waals surface area contributed by atoms with Crippen LogP contribution in [0.2, 0.25) is 0 Å². The summed E-state index contributed by atoms with van der Waals surface area (Å²) < 4.78 is 56.8. The molecule has 3 rings (SSSR count).